The molecule has 64 heavy (non-hydrogen) atoms. The molecule has 3 heteroatoms. The first kappa shape index (κ1) is 39.7. The van der Waals surface area contributed by atoms with E-state index in [9.17, 15) is 0 Å². The molecule has 0 fully saturated rings. The van der Waals surface area contributed by atoms with E-state index in [-0.39, 0.29) is 0 Å². The van der Waals surface area contributed by atoms with E-state index in [0.717, 1.165) is 78.0 Å². The second kappa shape index (κ2) is 17.9. The molecule has 0 saturated heterocycles. The minimum atomic E-state index is 0.790. The Labute approximate surface area is 375 Å². The van der Waals surface area contributed by atoms with Gasteiger partial charge in [-0.15, -0.1) is 0 Å². The van der Waals surface area contributed by atoms with E-state index < -0.39 is 0 Å². The lowest BCUT2D eigenvalue weighted by molar-refractivity contribution is 0.573. The van der Waals surface area contributed by atoms with Crippen molar-refractivity contribution >= 4 is 57.2 Å². The van der Waals surface area contributed by atoms with E-state index >= 15 is 0 Å². The van der Waals surface area contributed by atoms with Crippen LogP contribution in [-0.4, -0.2) is 0 Å². The zero-order valence-electron chi connectivity index (χ0n) is 35.7. The lowest BCUT2D eigenvalue weighted by atomic mass is 10.0. The van der Waals surface area contributed by atoms with Crippen LogP contribution in [0.5, 0.6) is 0 Å². The highest BCUT2D eigenvalue weighted by molar-refractivity contribution is 5.85. The number of furan rings is 1. The van der Waals surface area contributed by atoms with Gasteiger partial charge in [-0.2, -0.15) is 0 Å². The van der Waals surface area contributed by atoms with Gasteiger partial charge in [0.05, 0.1) is 0 Å². The highest BCUT2D eigenvalue weighted by Crippen LogP contribution is 2.39. The molecule has 10 aromatic rings. The molecule has 0 spiro atoms. The monoisotopic (exact) mass is 822 g/mol. The van der Waals surface area contributed by atoms with E-state index in [1.165, 1.54) is 22.3 Å². The predicted molar refractivity (Wildman–Crippen MR) is 270 cm³/mol. The third kappa shape index (κ3) is 8.07. The van der Waals surface area contributed by atoms with Crippen molar-refractivity contribution in [1.29, 1.82) is 0 Å². The van der Waals surface area contributed by atoms with Gasteiger partial charge in [0.2, 0.25) is 0 Å². The molecule has 0 radical (unpaired) electrons. The Morgan fingerprint density at radius 1 is 0.375 bits per heavy atom. The van der Waals surface area contributed by atoms with E-state index in [1.807, 2.05) is 31.2 Å². The first-order chi connectivity index (χ1) is 31.6. The highest BCUT2D eigenvalue weighted by Gasteiger charge is 2.16. The van der Waals surface area contributed by atoms with Crippen molar-refractivity contribution in [1.82, 2.24) is 0 Å². The van der Waals surface area contributed by atoms with Crippen LogP contribution in [0.3, 0.4) is 0 Å². The normalized spacial score (nSPS) is 11.8. The molecular formula is C61H46N2O. The first-order valence-electron chi connectivity index (χ1n) is 21.7. The molecule has 0 unspecified atom stereocenters. The molecular weight excluding hydrogens is 777 g/mol. The molecule has 1 heterocycles. The van der Waals surface area contributed by atoms with E-state index in [2.05, 4.69) is 241 Å². The molecule has 0 aliphatic carbocycles. The molecule has 0 bridgehead atoms. The molecule has 9 aromatic carbocycles. The number of benzene rings is 9. The fourth-order valence-electron chi connectivity index (χ4n) is 8.52. The minimum absolute atomic E-state index is 0.790. The zero-order valence-corrected chi connectivity index (χ0v) is 35.7. The van der Waals surface area contributed by atoms with Crippen molar-refractivity contribution in [2.75, 3.05) is 9.80 Å². The lowest BCUT2D eigenvalue weighted by Gasteiger charge is -2.26. The SMILES string of the molecule is C=c1/c(=C(\C=C/C)c2ccc(N(c3ccccc3)c3ccc(-c4ccc(N(c5ccc(-c6ccccc6)cc5)c5ccc(-c6ccccc6)cc5)cc4)cc3)cc2)oc2ccccc12. The van der Waals surface area contributed by atoms with E-state index in [0.29, 0.717) is 0 Å². The van der Waals surface area contributed by atoms with Crippen molar-refractivity contribution < 1.29 is 4.42 Å². The van der Waals surface area contributed by atoms with Crippen molar-refractivity contribution in [3.8, 4) is 33.4 Å². The lowest BCUT2D eigenvalue weighted by Crippen LogP contribution is -2.21. The summed E-state index contributed by atoms with van der Waals surface area (Å²) in [6.45, 7) is 6.42. The third-order valence-electron chi connectivity index (χ3n) is 11.8. The second-order valence-corrected chi connectivity index (χ2v) is 15.8. The maximum atomic E-state index is 6.36. The highest BCUT2D eigenvalue weighted by atomic mass is 16.3. The average Bonchev–Trinajstić information content (AvgIpc) is 3.70. The van der Waals surface area contributed by atoms with Crippen molar-refractivity contribution in [2.24, 2.45) is 0 Å². The fourth-order valence-corrected chi connectivity index (χ4v) is 8.52. The largest absolute Gasteiger partial charge is 0.455 e. The number of allylic oxidation sites excluding steroid dienone is 2. The molecule has 0 atom stereocenters. The number of hydrogen-bond donors (Lipinski definition) is 0. The van der Waals surface area contributed by atoms with Gasteiger partial charge in [0, 0.05) is 50.3 Å². The van der Waals surface area contributed by atoms with Gasteiger partial charge in [0.15, 0.2) is 0 Å². The van der Waals surface area contributed by atoms with Gasteiger partial charge in [0.1, 0.15) is 11.0 Å². The van der Waals surface area contributed by atoms with Crippen LogP contribution < -0.4 is 20.4 Å². The Morgan fingerprint density at radius 3 is 1.09 bits per heavy atom. The summed E-state index contributed by atoms with van der Waals surface area (Å²) < 4.78 is 6.36. The Kier molecular flexibility index (Phi) is 11.1. The van der Waals surface area contributed by atoms with Crippen LogP contribution >= 0.6 is 0 Å². The molecule has 10 rings (SSSR count). The van der Waals surface area contributed by atoms with E-state index in [4.69, 9.17) is 4.42 Å². The fraction of sp³-hybridized carbons (Fsp3) is 0.0164. The summed E-state index contributed by atoms with van der Waals surface area (Å²) in [5, 5.41) is 1.93. The Balaban J connectivity index is 0.956. The minimum Gasteiger partial charge on any atom is -0.455 e. The third-order valence-corrected chi connectivity index (χ3v) is 11.8. The van der Waals surface area contributed by atoms with Gasteiger partial charge in [-0.05, 0) is 125 Å². The molecule has 306 valence electrons. The number of para-hydroxylation sites is 2. The summed E-state index contributed by atoms with van der Waals surface area (Å²) in [4.78, 5) is 4.62. The Morgan fingerprint density at radius 2 is 0.703 bits per heavy atom. The molecule has 0 amide bonds. The number of fused-ring (bicyclic) bond motifs is 1. The summed E-state index contributed by atoms with van der Waals surface area (Å²) in [6, 6.07) is 83.8. The van der Waals surface area contributed by atoms with Gasteiger partial charge in [-0.1, -0.05) is 176 Å². The smallest absolute Gasteiger partial charge is 0.142 e. The maximum Gasteiger partial charge on any atom is 0.142 e. The second-order valence-electron chi connectivity index (χ2n) is 15.8. The Bertz CT molecular complexity index is 3200. The number of nitrogens with zero attached hydrogens (tertiary/aromatic N) is 2. The molecule has 0 aliphatic heterocycles. The molecule has 3 nitrogen and oxygen atoms in total. The van der Waals surface area contributed by atoms with Gasteiger partial charge in [0.25, 0.3) is 0 Å². The molecule has 0 saturated carbocycles. The standard InChI is InChI=1S/C61H46N2O/c1-3-15-59(61-44(2)58-22-13-14-23-60(58)64-61)51-32-42-57(43-33-51)62(52-20-11-6-12-21-52)53-38-28-49(29-39-53)50-30-40-56(41-31-50)63(54-34-24-47(25-35-54)45-16-7-4-8-17-45)55-36-26-48(27-37-55)46-18-9-5-10-19-46/h3-43H,2H2,1H3/b15-3-,61-59-. The van der Waals surface area contributed by atoms with Crippen LogP contribution in [0.2, 0.25) is 0 Å². The topological polar surface area (TPSA) is 19.6 Å². The first-order valence-corrected chi connectivity index (χ1v) is 21.7. The van der Waals surface area contributed by atoms with Crippen molar-refractivity contribution in [3.05, 3.63) is 265 Å². The van der Waals surface area contributed by atoms with E-state index in [1.54, 1.807) is 0 Å². The van der Waals surface area contributed by atoms with Gasteiger partial charge < -0.3 is 14.2 Å². The summed E-state index contributed by atoms with van der Waals surface area (Å²) in [5.74, 6) is 0. The summed E-state index contributed by atoms with van der Waals surface area (Å²) in [6.07, 6.45) is 4.15. The summed E-state index contributed by atoms with van der Waals surface area (Å²) in [7, 11) is 0. The average molecular weight is 823 g/mol. The van der Waals surface area contributed by atoms with Crippen LogP contribution in [0, 0.1) is 0 Å². The maximum absolute atomic E-state index is 6.36. The van der Waals surface area contributed by atoms with Gasteiger partial charge in [-0.25, -0.2) is 0 Å². The van der Waals surface area contributed by atoms with Crippen LogP contribution in [-0.2, 0) is 0 Å². The molecule has 0 N–H and O–H groups in total. The van der Waals surface area contributed by atoms with Gasteiger partial charge >= 0.3 is 0 Å². The van der Waals surface area contributed by atoms with Gasteiger partial charge in [-0.3, -0.25) is 0 Å². The predicted octanol–water partition coefficient (Wildman–Crippen LogP) is 15.6. The molecule has 0 aliphatic rings. The van der Waals surface area contributed by atoms with Crippen LogP contribution in [0.25, 0.3) is 56.5 Å². The number of rotatable bonds is 11. The summed E-state index contributed by atoms with van der Waals surface area (Å²) >= 11 is 0. The van der Waals surface area contributed by atoms with Crippen molar-refractivity contribution in [2.45, 2.75) is 6.92 Å². The van der Waals surface area contributed by atoms with Crippen LogP contribution in [0.15, 0.2) is 253 Å². The number of hydrogen-bond acceptors (Lipinski definition) is 3. The van der Waals surface area contributed by atoms with Crippen LogP contribution in [0.4, 0.5) is 34.1 Å². The number of anilines is 6. The van der Waals surface area contributed by atoms with Crippen molar-refractivity contribution in [3.63, 3.8) is 0 Å². The zero-order chi connectivity index (χ0) is 43.2. The summed E-state index contributed by atoms with van der Waals surface area (Å²) in [5.41, 5.74) is 17.2. The molecule has 1 aromatic heterocycles. The quantitative estimate of drug-likeness (QED) is 0.130. The van der Waals surface area contributed by atoms with Crippen LogP contribution in [0.1, 0.15) is 12.5 Å². The Hall–Kier alpha value is -8.40.